The van der Waals surface area contributed by atoms with Gasteiger partial charge in [0.1, 0.15) is 0 Å². The number of carbonyl (C=O) groups is 1. The lowest BCUT2D eigenvalue weighted by atomic mass is 10.2. The summed E-state index contributed by atoms with van der Waals surface area (Å²) >= 11 is 5.04. The fourth-order valence-electron chi connectivity index (χ4n) is 1.54. The van der Waals surface area contributed by atoms with Crippen molar-refractivity contribution in [3.8, 4) is 0 Å². The van der Waals surface area contributed by atoms with Crippen LogP contribution < -0.4 is 5.32 Å². The molecule has 1 amide bonds. The van der Waals surface area contributed by atoms with Crippen molar-refractivity contribution in [3.63, 3.8) is 0 Å². The molecule has 2 rings (SSSR count). The van der Waals surface area contributed by atoms with Crippen LogP contribution in [0.3, 0.4) is 0 Å². The van der Waals surface area contributed by atoms with Gasteiger partial charge < -0.3 is 14.9 Å². The molecule has 2 N–H and O–H groups in total. The average molecular weight is 197 g/mol. The Bertz CT molecular complexity index is 367. The van der Waals surface area contributed by atoms with Gasteiger partial charge in [-0.2, -0.15) is 0 Å². The Hall–Kier alpha value is -1.10. The molecule has 1 fully saturated rings. The Morgan fingerprint density at radius 2 is 2.54 bits per heavy atom. The molecule has 70 valence electrons. The van der Waals surface area contributed by atoms with Gasteiger partial charge in [-0.25, -0.2) is 0 Å². The van der Waals surface area contributed by atoms with Crippen LogP contribution in [0.4, 0.5) is 0 Å². The highest BCUT2D eigenvalue weighted by atomic mass is 32.1. The van der Waals surface area contributed by atoms with E-state index in [2.05, 4.69) is 10.3 Å². The molecular formula is C8H11N3OS. The third-order valence-corrected chi connectivity index (χ3v) is 2.58. The summed E-state index contributed by atoms with van der Waals surface area (Å²) in [7, 11) is 0. The lowest BCUT2D eigenvalue weighted by molar-refractivity contribution is -0.119. The van der Waals surface area contributed by atoms with Gasteiger partial charge in [0.2, 0.25) is 5.91 Å². The summed E-state index contributed by atoms with van der Waals surface area (Å²) in [5, 5.41) is 2.90. The zero-order chi connectivity index (χ0) is 9.26. The first kappa shape index (κ1) is 8.50. The zero-order valence-corrected chi connectivity index (χ0v) is 7.93. The smallest absolute Gasteiger partial charge is 0.220 e. The molecule has 13 heavy (non-hydrogen) atoms. The van der Waals surface area contributed by atoms with E-state index in [1.807, 2.05) is 10.8 Å². The number of rotatable bonds is 2. The third kappa shape index (κ3) is 1.80. The van der Waals surface area contributed by atoms with E-state index in [0.29, 0.717) is 11.2 Å². The third-order valence-electron chi connectivity index (χ3n) is 2.22. The van der Waals surface area contributed by atoms with Crippen LogP contribution in [0.2, 0.25) is 0 Å². The van der Waals surface area contributed by atoms with Crippen LogP contribution in [0.25, 0.3) is 0 Å². The number of aromatic nitrogens is 2. The Balaban J connectivity index is 2.03. The second-order valence-electron chi connectivity index (χ2n) is 3.22. The van der Waals surface area contributed by atoms with E-state index in [4.69, 9.17) is 12.2 Å². The van der Waals surface area contributed by atoms with Gasteiger partial charge in [-0.05, 0) is 18.6 Å². The van der Waals surface area contributed by atoms with Crippen molar-refractivity contribution in [1.82, 2.24) is 14.9 Å². The molecule has 0 aromatic carbocycles. The number of hydrogen-bond acceptors (Lipinski definition) is 2. The summed E-state index contributed by atoms with van der Waals surface area (Å²) in [6, 6.07) is 0.245. The van der Waals surface area contributed by atoms with Crippen LogP contribution >= 0.6 is 12.2 Å². The number of carbonyl (C=O) groups excluding carboxylic acids is 1. The first-order chi connectivity index (χ1) is 6.25. The van der Waals surface area contributed by atoms with Gasteiger partial charge in [0.25, 0.3) is 0 Å². The predicted molar refractivity (Wildman–Crippen MR) is 50.8 cm³/mol. The lowest BCUT2D eigenvalue weighted by Gasteiger charge is -2.09. The maximum absolute atomic E-state index is 10.9. The Labute approximate surface area is 81.0 Å². The van der Waals surface area contributed by atoms with Crippen molar-refractivity contribution in [3.05, 3.63) is 17.2 Å². The largest absolute Gasteiger partial charge is 0.352 e. The maximum atomic E-state index is 10.9. The molecule has 0 bridgehead atoms. The zero-order valence-electron chi connectivity index (χ0n) is 7.12. The summed E-state index contributed by atoms with van der Waals surface area (Å²) in [5.41, 5.74) is 0. The number of nitrogens with zero attached hydrogens (tertiary/aromatic N) is 1. The van der Waals surface area contributed by atoms with E-state index in [1.165, 1.54) is 0 Å². The van der Waals surface area contributed by atoms with Crippen molar-refractivity contribution in [2.75, 3.05) is 0 Å². The molecule has 5 heteroatoms. The molecule has 2 heterocycles. The minimum Gasteiger partial charge on any atom is -0.352 e. The lowest BCUT2D eigenvalue weighted by Crippen LogP contribution is -2.29. The van der Waals surface area contributed by atoms with Crippen molar-refractivity contribution in [2.24, 2.45) is 0 Å². The van der Waals surface area contributed by atoms with Crippen molar-refractivity contribution in [1.29, 1.82) is 0 Å². The minimum atomic E-state index is 0.145. The van der Waals surface area contributed by atoms with Gasteiger partial charge in [-0.1, -0.05) is 0 Å². The standard InChI is InChI=1S/C8H11N3OS/c12-7-2-1-6(10-7)5-11-4-3-9-8(11)13/h3-4,6H,1-2,5H2,(H,9,13)(H,10,12). The van der Waals surface area contributed by atoms with Gasteiger partial charge >= 0.3 is 0 Å². The van der Waals surface area contributed by atoms with E-state index in [9.17, 15) is 4.79 Å². The number of imidazole rings is 1. The quantitative estimate of drug-likeness (QED) is 0.690. The SMILES string of the molecule is O=C1CCC(Cn2cc[nH]c2=S)N1. The topological polar surface area (TPSA) is 49.8 Å². The molecule has 4 nitrogen and oxygen atoms in total. The second kappa shape index (κ2) is 3.33. The monoisotopic (exact) mass is 197 g/mol. The summed E-state index contributed by atoms with van der Waals surface area (Å²) < 4.78 is 2.65. The van der Waals surface area contributed by atoms with Gasteiger partial charge in [0.05, 0.1) is 0 Å². The predicted octanol–water partition coefficient (Wildman–Crippen LogP) is 0.824. The highest BCUT2D eigenvalue weighted by molar-refractivity contribution is 7.71. The second-order valence-corrected chi connectivity index (χ2v) is 3.61. The summed E-state index contributed by atoms with van der Waals surface area (Å²) in [6.07, 6.45) is 5.25. The average Bonchev–Trinajstić information content (AvgIpc) is 2.64. The molecule has 1 saturated heterocycles. The maximum Gasteiger partial charge on any atom is 0.220 e. The van der Waals surface area contributed by atoms with Crippen molar-refractivity contribution in [2.45, 2.75) is 25.4 Å². The number of aromatic amines is 1. The molecule has 0 aliphatic carbocycles. The number of amides is 1. The number of hydrogen-bond donors (Lipinski definition) is 2. The van der Waals surface area contributed by atoms with Crippen LogP contribution in [-0.2, 0) is 11.3 Å². The fourth-order valence-corrected chi connectivity index (χ4v) is 1.75. The molecule has 0 radical (unpaired) electrons. The van der Waals surface area contributed by atoms with Crippen molar-refractivity contribution >= 4 is 18.1 Å². The highest BCUT2D eigenvalue weighted by Gasteiger charge is 2.20. The van der Waals surface area contributed by atoms with Gasteiger partial charge in [0, 0.05) is 31.4 Å². The van der Waals surface area contributed by atoms with E-state index in [-0.39, 0.29) is 11.9 Å². The summed E-state index contributed by atoms with van der Waals surface area (Å²) in [6.45, 7) is 0.772. The molecule has 1 unspecified atom stereocenters. The van der Waals surface area contributed by atoms with Gasteiger partial charge in [0.15, 0.2) is 4.77 Å². The van der Waals surface area contributed by atoms with Crippen LogP contribution in [-0.4, -0.2) is 21.5 Å². The van der Waals surface area contributed by atoms with Crippen LogP contribution in [0, 0.1) is 4.77 Å². The molecule has 1 aromatic rings. The van der Waals surface area contributed by atoms with Gasteiger partial charge in [-0.15, -0.1) is 0 Å². The minimum absolute atomic E-state index is 0.145. The molecular weight excluding hydrogens is 186 g/mol. The highest BCUT2D eigenvalue weighted by Crippen LogP contribution is 2.08. The van der Waals surface area contributed by atoms with Crippen LogP contribution in [0.5, 0.6) is 0 Å². The molecule has 1 atom stereocenters. The van der Waals surface area contributed by atoms with Crippen LogP contribution in [0.1, 0.15) is 12.8 Å². The molecule has 1 aliphatic rings. The number of nitrogens with one attached hydrogen (secondary N) is 2. The molecule has 0 spiro atoms. The summed E-state index contributed by atoms with van der Waals surface area (Å²) in [5.74, 6) is 0.145. The fraction of sp³-hybridized carbons (Fsp3) is 0.500. The summed E-state index contributed by atoms with van der Waals surface area (Å²) in [4.78, 5) is 13.8. The van der Waals surface area contributed by atoms with E-state index in [0.717, 1.165) is 13.0 Å². The Morgan fingerprint density at radius 1 is 1.69 bits per heavy atom. The first-order valence-corrected chi connectivity index (χ1v) is 4.70. The van der Waals surface area contributed by atoms with Crippen LogP contribution in [0.15, 0.2) is 12.4 Å². The Kier molecular flexibility index (Phi) is 2.18. The van der Waals surface area contributed by atoms with Gasteiger partial charge in [-0.3, -0.25) is 4.79 Å². The molecule has 1 aliphatic heterocycles. The molecule has 1 aromatic heterocycles. The number of H-pyrrole nitrogens is 1. The van der Waals surface area contributed by atoms with E-state index in [1.54, 1.807) is 6.20 Å². The van der Waals surface area contributed by atoms with E-state index < -0.39 is 0 Å². The first-order valence-electron chi connectivity index (χ1n) is 4.29. The molecule has 0 saturated carbocycles. The normalized spacial score (nSPS) is 21.8. The van der Waals surface area contributed by atoms with Crippen molar-refractivity contribution < 1.29 is 4.79 Å². The van der Waals surface area contributed by atoms with E-state index >= 15 is 0 Å². The Morgan fingerprint density at radius 3 is 3.08 bits per heavy atom.